The van der Waals surface area contributed by atoms with Crippen LogP contribution in [-0.2, 0) is 4.74 Å². The van der Waals surface area contributed by atoms with Crippen LogP contribution in [0.1, 0.15) is 45.1 Å². The molecule has 0 aliphatic carbocycles. The molecule has 1 aliphatic rings. The zero-order valence-electron chi connectivity index (χ0n) is 16.7. The van der Waals surface area contributed by atoms with Gasteiger partial charge in [-0.15, -0.1) is 0 Å². The van der Waals surface area contributed by atoms with Crippen molar-refractivity contribution >= 4 is 11.8 Å². The maximum Gasteiger partial charge on any atom is 0.410 e. The summed E-state index contributed by atoms with van der Waals surface area (Å²) >= 11 is 0. The van der Waals surface area contributed by atoms with E-state index >= 15 is 0 Å². The number of nitrogens with zero attached hydrogens (tertiary/aromatic N) is 2. The Labute approximate surface area is 157 Å². The van der Waals surface area contributed by atoms with Crippen LogP contribution in [-0.4, -0.2) is 61.8 Å². The fourth-order valence-electron chi connectivity index (χ4n) is 2.99. The number of hydrogen-bond donors (Lipinski definition) is 1. The van der Waals surface area contributed by atoms with Crippen LogP contribution in [0.5, 0.6) is 5.75 Å². The molecular formula is C20H33N3O3. The second-order valence-electron chi connectivity index (χ2n) is 8.19. The number of anilines is 1. The van der Waals surface area contributed by atoms with Crippen LogP contribution in [0.25, 0.3) is 0 Å². The van der Waals surface area contributed by atoms with Crippen molar-refractivity contribution in [2.75, 3.05) is 46.1 Å². The molecule has 0 spiro atoms. The molecular weight excluding hydrogens is 330 g/mol. The van der Waals surface area contributed by atoms with Gasteiger partial charge in [-0.1, -0.05) is 6.07 Å². The normalized spacial score (nSPS) is 16.0. The Bertz CT molecular complexity index is 603. The number of amides is 1. The van der Waals surface area contributed by atoms with E-state index in [0.717, 1.165) is 25.1 Å². The van der Waals surface area contributed by atoms with E-state index in [0.29, 0.717) is 31.3 Å². The highest BCUT2D eigenvalue weighted by Gasteiger charge is 2.27. The first-order chi connectivity index (χ1) is 12.2. The molecule has 0 aromatic heterocycles. The molecule has 6 heteroatoms. The van der Waals surface area contributed by atoms with Gasteiger partial charge in [0, 0.05) is 19.6 Å². The predicted octanol–water partition coefficient (Wildman–Crippen LogP) is 3.32. The van der Waals surface area contributed by atoms with E-state index in [1.54, 1.807) is 4.90 Å². The molecule has 0 radical (unpaired) electrons. The Morgan fingerprint density at radius 1 is 1.27 bits per heavy atom. The molecule has 146 valence electrons. The molecule has 6 nitrogen and oxygen atoms in total. The average molecular weight is 364 g/mol. The van der Waals surface area contributed by atoms with E-state index in [4.69, 9.17) is 15.2 Å². The van der Waals surface area contributed by atoms with Crippen LogP contribution in [0.2, 0.25) is 0 Å². The molecule has 26 heavy (non-hydrogen) atoms. The van der Waals surface area contributed by atoms with Crippen LogP contribution in [0, 0.1) is 0 Å². The number of likely N-dealkylation sites (N-methyl/N-ethyl adjacent to an activating group) is 1. The number of hydrogen-bond acceptors (Lipinski definition) is 5. The monoisotopic (exact) mass is 363 g/mol. The fraction of sp³-hybridized carbons (Fsp3) is 0.650. The van der Waals surface area contributed by atoms with E-state index in [1.165, 1.54) is 5.56 Å². The molecule has 1 aromatic rings. The summed E-state index contributed by atoms with van der Waals surface area (Å²) in [4.78, 5) is 16.1. The highest BCUT2D eigenvalue weighted by molar-refractivity contribution is 5.68. The predicted molar refractivity (Wildman–Crippen MR) is 105 cm³/mol. The van der Waals surface area contributed by atoms with Crippen LogP contribution in [0.3, 0.4) is 0 Å². The minimum absolute atomic E-state index is 0.221. The van der Waals surface area contributed by atoms with Crippen LogP contribution in [0.4, 0.5) is 10.5 Å². The Balaban J connectivity index is 1.93. The average Bonchev–Trinajstić information content (AvgIpc) is 2.55. The SMILES string of the molecule is CN(C)CCOc1cc(C2CCN(C(=O)OC(C)(C)C)CC2)ccc1N. The smallest absolute Gasteiger partial charge is 0.410 e. The van der Waals surface area contributed by atoms with E-state index in [-0.39, 0.29) is 6.09 Å². The summed E-state index contributed by atoms with van der Waals surface area (Å²) in [5.41, 5.74) is 7.48. The summed E-state index contributed by atoms with van der Waals surface area (Å²) < 4.78 is 11.3. The number of piperidine rings is 1. The molecule has 0 saturated carbocycles. The lowest BCUT2D eigenvalue weighted by Crippen LogP contribution is -2.41. The maximum atomic E-state index is 12.2. The first-order valence-electron chi connectivity index (χ1n) is 9.30. The van der Waals surface area contributed by atoms with E-state index in [9.17, 15) is 4.79 Å². The molecule has 1 aliphatic heterocycles. The molecule has 1 aromatic carbocycles. The standard InChI is InChI=1S/C20H33N3O3/c1-20(2,3)26-19(24)23-10-8-15(9-11-23)16-6-7-17(21)18(14-16)25-13-12-22(4)5/h6-7,14-15H,8-13,21H2,1-5H3. The van der Waals surface area contributed by atoms with Gasteiger partial charge in [0.2, 0.25) is 0 Å². The first-order valence-corrected chi connectivity index (χ1v) is 9.30. The van der Waals surface area contributed by atoms with Crippen LogP contribution >= 0.6 is 0 Å². The molecule has 2 N–H and O–H groups in total. The Morgan fingerprint density at radius 2 is 1.92 bits per heavy atom. The Morgan fingerprint density at radius 3 is 2.50 bits per heavy atom. The van der Waals surface area contributed by atoms with Gasteiger partial charge in [-0.25, -0.2) is 4.79 Å². The van der Waals surface area contributed by atoms with Crippen molar-refractivity contribution in [3.05, 3.63) is 23.8 Å². The lowest BCUT2D eigenvalue weighted by Gasteiger charge is -2.33. The maximum absolute atomic E-state index is 12.2. The van der Waals surface area contributed by atoms with Gasteiger partial charge in [0.1, 0.15) is 18.0 Å². The van der Waals surface area contributed by atoms with Gasteiger partial charge in [-0.05, 0) is 71.3 Å². The molecule has 2 rings (SSSR count). The van der Waals surface area contributed by atoms with E-state index < -0.39 is 5.60 Å². The Kier molecular flexibility index (Phi) is 6.75. The quantitative estimate of drug-likeness (QED) is 0.813. The summed E-state index contributed by atoms with van der Waals surface area (Å²) in [7, 11) is 4.03. The molecule has 1 heterocycles. The number of nitrogens with two attached hydrogens (primary N) is 1. The van der Waals surface area contributed by atoms with Crippen molar-refractivity contribution < 1.29 is 14.3 Å². The van der Waals surface area contributed by atoms with Gasteiger partial charge in [0.15, 0.2) is 0 Å². The summed E-state index contributed by atoms with van der Waals surface area (Å²) in [6, 6.07) is 6.04. The second kappa shape index (κ2) is 8.62. The van der Waals surface area contributed by atoms with Crippen molar-refractivity contribution in [3.8, 4) is 5.75 Å². The number of rotatable bonds is 5. The molecule has 1 fully saturated rings. The minimum atomic E-state index is -0.455. The number of carbonyl (C=O) groups is 1. The van der Waals surface area contributed by atoms with Crippen molar-refractivity contribution in [1.29, 1.82) is 0 Å². The van der Waals surface area contributed by atoms with Gasteiger partial charge in [-0.2, -0.15) is 0 Å². The second-order valence-corrected chi connectivity index (χ2v) is 8.19. The van der Waals surface area contributed by atoms with Gasteiger partial charge in [0.05, 0.1) is 5.69 Å². The van der Waals surface area contributed by atoms with Crippen molar-refractivity contribution in [3.63, 3.8) is 0 Å². The van der Waals surface area contributed by atoms with Crippen molar-refractivity contribution in [2.24, 2.45) is 0 Å². The number of ether oxygens (including phenoxy) is 2. The fourth-order valence-corrected chi connectivity index (χ4v) is 2.99. The summed E-state index contributed by atoms with van der Waals surface area (Å²) in [5.74, 6) is 1.16. The summed E-state index contributed by atoms with van der Waals surface area (Å²) in [6.07, 6.45) is 1.61. The molecule has 0 bridgehead atoms. The zero-order valence-corrected chi connectivity index (χ0v) is 16.7. The highest BCUT2D eigenvalue weighted by Crippen LogP contribution is 2.33. The third-order valence-electron chi connectivity index (χ3n) is 4.45. The summed E-state index contributed by atoms with van der Waals surface area (Å²) in [5, 5.41) is 0. The van der Waals surface area contributed by atoms with Gasteiger partial charge in [0.25, 0.3) is 0 Å². The number of carbonyl (C=O) groups excluding carboxylic acids is 1. The van der Waals surface area contributed by atoms with Gasteiger partial charge in [-0.3, -0.25) is 0 Å². The van der Waals surface area contributed by atoms with Gasteiger partial charge < -0.3 is 25.0 Å². The largest absolute Gasteiger partial charge is 0.490 e. The van der Waals surface area contributed by atoms with Crippen LogP contribution in [0.15, 0.2) is 18.2 Å². The highest BCUT2D eigenvalue weighted by atomic mass is 16.6. The Hall–Kier alpha value is -1.95. The van der Waals surface area contributed by atoms with Crippen LogP contribution < -0.4 is 10.5 Å². The molecule has 0 unspecified atom stereocenters. The van der Waals surface area contributed by atoms with E-state index in [1.807, 2.05) is 40.9 Å². The molecule has 0 atom stereocenters. The van der Waals surface area contributed by atoms with Crippen molar-refractivity contribution in [2.45, 2.75) is 45.1 Å². The number of benzene rings is 1. The summed E-state index contributed by atoms with van der Waals surface area (Å²) in [6.45, 7) is 8.55. The molecule has 1 amide bonds. The lowest BCUT2D eigenvalue weighted by atomic mass is 9.89. The van der Waals surface area contributed by atoms with Crippen molar-refractivity contribution in [1.82, 2.24) is 9.80 Å². The van der Waals surface area contributed by atoms with E-state index in [2.05, 4.69) is 17.0 Å². The number of likely N-dealkylation sites (tertiary alicyclic amines) is 1. The zero-order chi connectivity index (χ0) is 19.3. The lowest BCUT2D eigenvalue weighted by molar-refractivity contribution is 0.0205. The third kappa shape index (κ3) is 6.09. The topological polar surface area (TPSA) is 68.0 Å². The number of nitrogen functional groups attached to an aromatic ring is 1. The first kappa shape index (κ1) is 20.4. The minimum Gasteiger partial charge on any atom is -0.490 e. The molecule has 1 saturated heterocycles. The third-order valence-corrected chi connectivity index (χ3v) is 4.45. The van der Waals surface area contributed by atoms with Gasteiger partial charge >= 0.3 is 6.09 Å².